The molecule has 0 aliphatic rings. The van der Waals surface area contributed by atoms with Crippen molar-refractivity contribution < 1.29 is 9.53 Å². The van der Waals surface area contributed by atoms with Crippen molar-refractivity contribution in [2.24, 2.45) is 0 Å². The fourth-order valence-electron chi connectivity index (χ4n) is 1.94. The van der Waals surface area contributed by atoms with E-state index in [-0.39, 0.29) is 5.91 Å². The van der Waals surface area contributed by atoms with Gasteiger partial charge < -0.3 is 10.1 Å². The number of rotatable bonds is 5. The molecule has 2 rings (SSSR count). The third-order valence-electron chi connectivity index (χ3n) is 3.16. The van der Waals surface area contributed by atoms with E-state index in [1.54, 1.807) is 24.5 Å². The molecule has 1 aromatic heterocycles. The molecule has 0 spiro atoms. The first-order valence-corrected chi connectivity index (χ1v) is 7.46. The summed E-state index contributed by atoms with van der Waals surface area (Å²) < 4.78 is 5.24. The van der Waals surface area contributed by atoms with Crippen LogP contribution in [-0.2, 0) is 13.0 Å². The Kier molecular flexibility index (Phi) is 4.79. The number of carbonyl (C=O) groups excluding carboxylic acids is 1. The van der Waals surface area contributed by atoms with E-state index in [9.17, 15) is 4.79 Å². The van der Waals surface area contributed by atoms with Crippen LogP contribution in [0.5, 0.6) is 5.75 Å². The highest BCUT2D eigenvalue weighted by molar-refractivity contribution is 7.11. The summed E-state index contributed by atoms with van der Waals surface area (Å²) in [7, 11) is 1.61. The van der Waals surface area contributed by atoms with Crippen molar-refractivity contribution in [2.75, 3.05) is 7.11 Å². The lowest BCUT2D eigenvalue weighted by atomic mass is 10.1. The van der Waals surface area contributed by atoms with Crippen LogP contribution in [0, 0.1) is 6.92 Å². The molecule has 0 unspecified atom stereocenters. The first-order valence-electron chi connectivity index (χ1n) is 6.64. The fourth-order valence-corrected chi connectivity index (χ4v) is 2.84. The van der Waals surface area contributed by atoms with E-state index < -0.39 is 0 Å². The van der Waals surface area contributed by atoms with Gasteiger partial charge in [-0.25, -0.2) is 0 Å². The predicted octanol–water partition coefficient (Wildman–Crippen LogP) is 3.56. The van der Waals surface area contributed by atoms with Gasteiger partial charge in [0.05, 0.1) is 13.7 Å². The van der Waals surface area contributed by atoms with Gasteiger partial charge in [0.1, 0.15) is 5.75 Å². The summed E-state index contributed by atoms with van der Waals surface area (Å²) in [5.74, 6) is 0.664. The number of methoxy groups -OCH3 is 1. The Balaban J connectivity index is 2.01. The van der Waals surface area contributed by atoms with E-state index in [1.165, 1.54) is 9.75 Å². The van der Waals surface area contributed by atoms with Gasteiger partial charge in [-0.05, 0) is 43.2 Å². The zero-order chi connectivity index (χ0) is 14.5. The molecule has 20 heavy (non-hydrogen) atoms. The fraction of sp³-hybridized carbons (Fsp3) is 0.312. The Bertz CT molecular complexity index is 604. The molecule has 3 nitrogen and oxygen atoms in total. The van der Waals surface area contributed by atoms with E-state index in [1.807, 2.05) is 19.1 Å². The van der Waals surface area contributed by atoms with Gasteiger partial charge in [-0.3, -0.25) is 4.79 Å². The molecule has 0 saturated heterocycles. The Hall–Kier alpha value is -1.81. The topological polar surface area (TPSA) is 38.3 Å². The minimum absolute atomic E-state index is 0.0743. The second-order valence-corrected chi connectivity index (χ2v) is 5.84. The molecule has 4 heteroatoms. The largest absolute Gasteiger partial charge is 0.496 e. The minimum atomic E-state index is -0.0743. The third kappa shape index (κ3) is 3.39. The van der Waals surface area contributed by atoms with Crippen molar-refractivity contribution in [3.05, 3.63) is 51.2 Å². The second kappa shape index (κ2) is 6.57. The van der Waals surface area contributed by atoms with Crippen LogP contribution in [0.25, 0.3) is 0 Å². The maximum atomic E-state index is 12.1. The molecule has 1 amide bonds. The Labute approximate surface area is 123 Å². The normalized spacial score (nSPS) is 10.3. The molecule has 0 aliphatic heterocycles. The van der Waals surface area contributed by atoms with Crippen molar-refractivity contribution in [1.29, 1.82) is 0 Å². The molecule has 106 valence electrons. The van der Waals surface area contributed by atoms with Gasteiger partial charge in [0.25, 0.3) is 5.91 Å². The molecule has 2 aromatic rings. The Morgan fingerprint density at radius 3 is 2.65 bits per heavy atom. The van der Waals surface area contributed by atoms with Crippen LogP contribution in [0.15, 0.2) is 30.3 Å². The van der Waals surface area contributed by atoms with Crippen LogP contribution < -0.4 is 10.1 Å². The van der Waals surface area contributed by atoms with Crippen LogP contribution in [0.3, 0.4) is 0 Å². The number of hydrogen-bond acceptors (Lipinski definition) is 3. The standard InChI is InChI=1S/C16H19NO2S/c1-4-13-7-8-14(20-13)10-17-16(18)12-6-5-11(2)15(9-12)19-3/h5-9H,4,10H2,1-3H3,(H,17,18). The quantitative estimate of drug-likeness (QED) is 0.914. The molecule has 0 aliphatic carbocycles. The van der Waals surface area contributed by atoms with Crippen LogP contribution in [0.1, 0.15) is 32.6 Å². The van der Waals surface area contributed by atoms with E-state index >= 15 is 0 Å². The van der Waals surface area contributed by atoms with Crippen molar-refractivity contribution in [1.82, 2.24) is 5.32 Å². The average Bonchev–Trinajstić information content (AvgIpc) is 2.93. The summed E-state index contributed by atoms with van der Waals surface area (Å²) in [4.78, 5) is 14.6. The summed E-state index contributed by atoms with van der Waals surface area (Å²) in [6.07, 6.45) is 1.04. The second-order valence-electron chi connectivity index (χ2n) is 4.59. The first kappa shape index (κ1) is 14.6. The molecular weight excluding hydrogens is 270 g/mol. The maximum absolute atomic E-state index is 12.1. The van der Waals surface area contributed by atoms with Crippen LogP contribution in [-0.4, -0.2) is 13.0 Å². The van der Waals surface area contributed by atoms with E-state index in [2.05, 4.69) is 24.4 Å². The van der Waals surface area contributed by atoms with Gasteiger partial charge in [0, 0.05) is 15.3 Å². The van der Waals surface area contributed by atoms with Crippen LogP contribution in [0.4, 0.5) is 0 Å². The summed E-state index contributed by atoms with van der Waals surface area (Å²) in [5.41, 5.74) is 1.65. The van der Waals surface area contributed by atoms with Gasteiger partial charge in [-0.2, -0.15) is 0 Å². The summed E-state index contributed by atoms with van der Waals surface area (Å²) >= 11 is 1.74. The number of hydrogen-bond donors (Lipinski definition) is 1. The van der Waals surface area contributed by atoms with Gasteiger partial charge in [-0.1, -0.05) is 13.0 Å². The molecule has 0 fully saturated rings. The predicted molar refractivity (Wildman–Crippen MR) is 82.6 cm³/mol. The number of nitrogens with one attached hydrogen (secondary N) is 1. The monoisotopic (exact) mass is 289 g/mol. The van der Waals surface area contributed by atoms with Gasteiger partial charge in [-0.15, -0.1) is 11.3 Å². The smallest absolute Gasteiger partial charge is 0.251 e. The third-order valence-corrected chi connectivity index (χ3v) is 4.39. The van der Waals surface area contributed by atoms with E-state index in [0.717, 1.165) is 17.7 Å². The van der Waals surface area contributed by atoms with Gasteiger partial charge >= 0.3 is 0 Å². The Morgan fingerprint density at radius 1 is 1.25 bits per heavy atom. The minimum Gasteiger partial charge on any atom is -0.496 e. The maximum Gasteiger partial charge on any atom is 0.251 e. The summed E-state index contributed by atoms with van der Waals surface area (Å²) in [6.45, 7) is 4.66. The zero-order valence-corrected chi connectivity index (χ0v) is 12.8. The lowest BCUT2D eigenvalue weighted by Gasteiger charge is -2.08. The lowest BCUT2D eigenvalue weighted by Crippen LogP contribution is -2.22. The number of aryl methyl sites for hydroxylation is 2. The molecule has 1 aromatic carbocycles. The van der Waals surface area contributed by atoms with Crippen molar-refractivity contribution >= 4 is 17.2 Å². The van der Waals surface area contributed by atoms with Crippen molar-refractivity contribution in [2.45, 2.75) is 26.8 Å². The molecule has 0 bridgehead atoms. The number of amides is 1. The zero-order valence-electron chi connectivity index (χ0n) is 12.0. The highest BCUT2D eigenvalue weighted by Crippen LogP contribution is 2.20. The highest BCUT2D eigenvalue weighted by atomic mass is 32.1. The number of carbonyl (C=O) groups is 1. The first-order chi connectivity index (χ1) is 9.63. The number of ether oxygens (including phenoxy) is 1. The van der Waals surface area contributed by atoms with Crippen molar-refractivity contribution in [3.8, 4) is 5.75 Å². The van der Waals surface area contributed by atoms with Crippen LogP contribution in [0.2, 0.25) is 0 Å². The van der Waals surface area contributed by atoms with Gasteiger partial charge in [0.2, 0.25) is 0 Å². The molecule has 0 saturated carbocycles. The molecule has 0 radical (unpaired) electrons. The molecule has 1 N–H and O–H groups in total. The Morgan fingerprint density at radius 2 is 2.00 bits per heavy atom. The average molecular weight is 289 g/mol. The SMILES string of the molecule is CCc1ccc(CNC(=O)c2ccc(C)c(OC)c2)s1. The molecule has 1 heterocycles. The lowest BCUT2D eigenvalue weighted by molar-refractivity contribution is 0.0951. The van der Waals surface area contributed by atoms with E-state index in [4.69, 9.17) is 4.74 Å². The molecule has 0 atom stereocenters. The van der Waals surface area contributed by atoms with E-state index in [0.29, 0.717) is 12.1 Å². The highest BCUT2D eigenvalue weighted by Gasteiger charge is 2.09. The summed E-state index contributed by atoms with van der Waals surface area (Å²) in [5, 5.41) is 2.94. The van der Waals surface area contributed by atoms with Crippen molar-refractivity contribution in [3.63, 3.8) is 0 Å². The van der Waals surface area contributed by atoms with Crippen LogP contribution >= 0.6 is 11.3 Å². The molecular formula is C16H19NO2S. The number of benzene rings is 1. The number of thiophene rings is 1. The van der Waals surface area contributed by atoms with Gasteiger partial charge in [0.15, 0.2) is 0 Å². The summed E-state index contributed by atoms with van der Waals surface area (Å²) in [6, 6.07) is 9.67.